The maximum absolute atomic E-state index is 12.9. The number of carboxylic acids is 1. The Bertz CT molecular complexity index is 915. The average molecular weight is 500 g/mol. The number of hydrogen-bond donors (Lipinski definition) is 3. The Kier molecular flexibility index (Phi) is 12.4. The maximum atomic E-state index is 12.9. The van der Waals surface area contributed by atoms with Crippen LogP contribution in [0.5, 0.6) is 0 Å². The van der Waals surface area contributed by atoms with E-state index >= 15 is 0 Å². The Balaban J connectivity index is 0.00000281. The predicted molar refractivity (Wildman–Crippen MR) is 130 cm³/mol. The van der Waals surface area contributed by atoms with Crippen LogP contribution < -0.4 is 16.0 Å². The van der Waals surface area contributed by atoms with Gasteiger partial charge < -0.3 is 21.1 Å². The van der Waals surface area contributed by atoms with Gasteiger partial charge in [-0.2, -0.15) is 22.5 Å². The van der Waals surface area contributed by atoms with Crippen LogP contribution in [-0.2, 0) is 17.4 Å². The minimum Gasteiger partial charge on any atom is -0.481 e. The molecule has 1 aromatic carbocycles. The van der Waals surface area contributed by atoms with Gasteiger partial charge in [0.15, 0.2) is 0 Å². The molecule has 0 spiro atoms. The molecule has 0 aliphatic heterocycles. The normalized spacial score (nSPS) is 11.1. The topological polar surface area (TPSA) is 104 Å². The lowest BCUT2D eigenvalue weighted by Crippen LogP contribution is -2.29. The Morgan fingerprint density at radius 2 is 1.97 bits per heavy atom. The van der Waals surface area contributed by atoms with Crippen LogP contribution in [0.3, 0.4) is 0 Å². The fourth-order valence-electron chi connectivity index (χ4n) is 3.25. The minimum atomic E-state index is -4.62. The lowest BCUT2D eigenvalue weighted by molar-refractivity contribution is -0.144. The molecule has 2 rings (SSSR count). The lowest BCUT2D eigenvalue weighted by atomic mass is 10.1. The molecule has 0 radical (unpaired) electrons. The lowest BCUT2D eigenvalue weighted by Gasteiger charge is -2.29. The summed E-state index contributed by atoms with van der Waals surface area (Å²) in [5.41, 5.74) is 7.77. The second kappa shape index (κ2) is 14.4. The van der Waals surface area contributed by atoms with Gasteiger partial charge in [-0.3, -0.25) is 4.79 Å². The molecule has 1 heterocycles. The SMILES string of the molecule is C#C.CC(C)CN(CCCCCN)c1ccc(CCC(=O)O)cc1Nc1nc(C(F)(F)F)ns1. The Morgan fingerprint density at radius 3 is 2.53 bits per heavy atom. The van der Waals surface area contributed by atoms with E-state index in [9.17, 15) is 18.0 Å². The highest BCUT2D eigenvalue weighted by atomic mass is 32.1. The number of nitrogens with zero attached hydrogens (tertiary/aromatic N) is 3. The van der Waals surface area contributed by atoms with E-state index < -0.39 is 18.0 Å². The summed E-state index contributed by atoms with van der Waals surface area (Å²) in [4.78, 5) is 16.7. The summed E-state index contributed by atoms with van der Waals surface area (Å²) in [6.07, 6.45) is 6.51. The number of anilines is 3. The molecule has 0 saturated heterocycles. The third-order valence-electron chi connectivity index (χ3n) is 4.67. The van der Waals surface area contributed by atoms with Crippen molar-refractivity contribution in [1.29, 1.82) is 0 Å². The quantitative estimate of drug-likeness (QED) is 0.258. The Labute approximate surface area is 202 Å². The van der Waals surface area contributed by atoms with Gasteiger partial charge in [-0.15, -0.1) is 12.8 Å². The van der Waals surface area contributed by atoms with Crippen molar-refractivity contribution >= 4 is 34.0 Å². The molecule has 11 heteroatoms. The van der Waals surface area contributed by atoms with E-state index in [1.54, 1.807) is 6.07 Å². The molecule has 0 atom stereocenters. The standard InChI is InChI=1S/C21H30F3N5O2S.C2H2/c1-14(2)13-29(11-5-3-4-10-25)17-8-6-15(7-9-18(30)31)12-16(17)26-20-27-19(28-32-20)21(22,23)24;1-2/h6,8,12,14H,3-5,7,9-11,13,25H2,1-2H3,(H,30,31)(H,26,27,28);1-2H. The predicted octanol–water partition coefficient (Wildman–Crippen LogP) is 5.16. The molecule has 0 aliphatic carbocycles. The maximum Gasteiger partial charge on any atom is 0.452 e. The number of carboxylic acid groups (broad SMARTS) is 1. The van der Waals surface area contributed by atoms with Crippen LogP contribution in [0.2, 0.25) is 0 Å². The van der Waals surface area contributed by atoms with Crippen molar-refractivity contribution < 1.29 is 23.1 Å². The van der Waals surface area contributed by atoms with Crippen LogP contribution in [0.15, 0.2) is 18.2 Å². The van der Waals surface area contributed by atoms with Crippen molar-refractivity contribution in [3.63, 3.8) is 0 Å². The van der Waals surface area contributed by atoms with Crippen molar-refractivity contribution in [3.8, 4) is 12.8 Å². The number of rotatable bonds is 13. The number of terminal acetylenes is 1. The van der Waals surface area contributed by atoms with Gasteiger partial charge in [-0.05, 0) is 49.4 Å². The summed E-state index contributed by atoms with van der Waals surface area (Å²) in [5, 5.41) is 12.0. The highest BCUT2D eigenvalue weighted by Gasteiger charge is 2.36. The number of benzene rings is 1. The van der Waals surface area contributed by atoms with Gasteiger partial charge in [-0.1, -0.05) is 26.3 Å². The Morgan fingerprint density at radius 1 is 1.26 bits per heavy atom. The summed E-state index contributed by atoms with van der Waals surface area (Å²) < 4.78 is 42.1. The van der Waals surface area contributed by atoms with E-state index in [0.29, 0.717) is 36.1 Å². The number of aliphatic carboxylic acids is 1. The summed E-state index contributed by atoms with van der Waals surface area (Å²) in [7, 11) is 0. The van der Waals surface area contributed by atoms with Crippen LogP contribution in [0.1, 0.15) is 50.9 Å². The smallest absolute Gasteiger partial charge is 0.452 e. The van der Waals surface area contributed by atoms with E-state index in [-0.39, 0.29) is 11.6 Å². The van der Waals surface area contributed by atoms with E-state index in [2.05, 4.69) is 46.3 Å². The number of halogens is 3. The number of alkyl halides is 3. The molecular formula is C23H32F3N5O2S. The molecule has 0 unspecified atom stereocenters. The number of nitrogens with two attached hydrogens (primary N) is 1. The van der Waals surface area contributed by atoms with Crippen LogP contribution in [0.25, 0.3) is 0 Å². The molecular weight excluding hydrogens is 467 g/mol. The van der Waals surface area contributed by atoms with E-state index in [1.165, 1.54) is 0 Å². The number of aryl methyl sites for hydroxylation is 1. The third-order valence-corrected chi connectivity index (χ3v) is 5.30. The van der Waals surface area contributed by atoms with Gasteiger partial charge in [0.2, 0.25) is 11.0 Å². The molecule has 4 N–H and O–H groups in total. The Hall–Kier alpha value is -2.84. The van der Waals surface area contributed by atoms with Crippen molar-refractivity contribution in [2.75, 3.05) is 29.9 Å². The van der Waals surface area contributed by atoms with Crippen molar-refractivity contribution in [3.05, 3.63) is 29.6 Å². The largest absolute Gasteiger partial charge is 0.481 e. The van der Waals surface area contributed by atoms with E-state index in [4.69, 9.17) is 10.8 Å². The van der Waals surface area contributed by atoms with E-state index in [1.807, 2.05) is 12.1 Å². The molecule has 2 aromatic rings. The second-order valence-corrected chi connectivity index (χ2v) is 8.73. The molecule has 0 bridgehead atoms. The average Bonchev–Trinajstić information content (AvgIpc) is 3.25. The van der Waals surface area contributed by atoms with Gasteiger partial charge in [0.25, 0.3) is 0 Å². The fraction of sp³-hybridized carbons (Fsp3) is 0.522. The monoisotopic (exact) mass is 499 g/mol. The van der Waals surface area contributed by atoms with E-state index in [0.717, 1.165) is 43.6 Å². The molecule has 188 valence electrons. The van der Waals surface area contributed by atoms with Crippen molar-refractivity contribution in [2.24, 2.45) is 11.7 Å². The summed E-state index contributed by atoms with van der Waals surface area (Å²) in [6.45, 7) is 6.36. The summed E-state index contributed by atoms with van der Waals surface area (Å²) >= 11 is 0.635. The molecule has 0 aliphatic rings. The highest BCUT2D eigenvalue weighted by Crippen LogP contribution is 2.34. The van der Waals surface area contributed by atoms with Crippen LogP contribution >= 0.6 is 11.5 Å². The van der Waals surface area contributed by atoms with Gasteiger partial charge in [0.05, 0.1) is 11.4 Å². The molecule has 0 amide bonds. The van der Waals surface area contributed by atoms with Crippen LogP contribution in [0.4, 0.5) is 29.7 Å². The van der Waals surface area contributed by atoms with Crippen molar-refractivity contribution in [2.45, 2.75) is 52.1 Å². The van der Waals surface area contributed by atoms with Gasteiger partial charge in [-0.25, -0.2) is 0 Å². The van der Waals surface area contributed by atoms with Gasteiger partial charge >= 0.3 is 12.1 Å². The fourth-order valence-corrected chi connectivity index (χ4v) is 3.85. The zero-order valence-electron chi connectivity index (χ0n) is 19.4. The number of aromatic nitrogens is 2. The zero-order chi connectivity index (χ0) is 25.7. The zero-order valence-corrected chi connectivity index (χ0v) is 20.3. The van der Waals surface area contributed by atoms with Gasteiger partial charge in [0.1, 0.15) is 0 Å². The first-order valence-electron chi connectivity index (χ1n) is 10.9. The second-order valence-electron chi connectivity index (χ2n) is 7.98. The van der Waals surface area contributed by atoms with Crippen molar-refractivity contribution in [1.82, 2.24) is 9.36 Å². The van der Waals surface area contributed by atoms with Crippen LogP contribution in [-0.4, -0.2) is 40.1 Å². The minimum absolute atomic E-state index is 0.0292. The van der Waals surface area contributed by atoms with Gasteiger partial charge in [0, 0.05) is 31.0 Å². The molecule has 0 fully saturated rings. The first-order valence-corrected chi connectivity index (χ1v) is 11.7. The summed E-state index contributed by atoms with van der Waals surface area (Å²) in [6, 6.07) is 5.52. The molecule has 7 nitrogen and oxygen atoms in total. The first kappa shape index (κ1) is 29.2. The number of unbranched alkanes of at least 4 members (excludes halogenated alkanes) is 2. The third kappa shape index (κ3) is 9.97. The first-order chi connectivity index (χ1) is 16.1. The van der Waals surface area contributed by atoms with Crippen LogP contribution in [0, 0.1) is 18.8 Å². The molecule has 0 saturated carbocycles. The highest BCUT2D eigenvalue weighted by molar-refractivity contribution is 7.09. The molecule has 1 aromatic heterocycles. The summed E-state index contributed by atoms with van der Waals surface area (Å²) in [5.74, 6) is -1.74. The molecule has 34 heavy (non-hydrogen) atoms. The number of carbonyl (C=O) groups is 1. The number of hydrogen-bond acceptors (Lipinski definition) is 7. The number of nitrogens with one attached hydrogen (secondary N) is 1.